The first-order chi connectivity index (χ1) is 8.33. The molecule has 1 atom stereocenters. The second-order valence-corrected chi connectivity index (χ2v) is 4.36. The fourth-order valence-corrected chi connectivity index (χ4v) is 2.21. The summed E-state index contributed by atoms with van der Waals surface area (Å²) in [4.78, 5) is 0. The van der Waals surface area contributed by atoms with Crippen LogP contribution in [0.15, 0.2) is 48.5 Å². The zero-order valence-electron chi connectivity index (χ0n) is 9.47. The van der Waals surface area contributed by atoms with Crippen molar-refractivity contribution in [1.82, 2.24) is 0 Å². The molecule has 0 bridgehead atoms. The van der Waals surface area contributed by atoms with Gasteiger partial charge in [-0.15, -0.1) is 0 Å². The van der Waals surface area contributed by atoms with E-state index < -0.39 is 6.29 Å². The minimum absolute atomic E-state index is 0.516. The van der Waals surface area contributed by atoms with E-state index in [0.717, 1.165) is 17.5 Å². The van der Waals surface area contributed by atoms with E-state index in [9.17, 15) is 5.11 Å². The van der Waals surface area contributed by atoms with E-state index in [1.807, 2.05) is 30.3 Å². The van der Waals surface area contributed by atoms with Crippen LogP contribution in [0, 0.1) is 0 Å². The van der Waals surface area contributed by atoms with Crippen molar-refractivity contribution in [3.63, 3.8) is 0 Å². The molecule has 0 saturated carbocycles. The summed E-state index contributed by atoms with van der Waals surface area (Å²) in [5, 5.41) is 9.65. The predicted molar refractivity (Wildman–Crippen MR) is 65.4 cm³/mol. The van der Waals surface area contributed by atoms with E-state index in [0.29, 0.717) is 6.61 Å². The van der Waals surface area contributed by atoms with Gasteiger partial charge in [0.25, 0.3) is 0 Å². The first kappa shape index (κ1) is 10.5. The molecule has 1 aliphatic heterocycles. The molecule has 2 aromatic carbocycles. The molecular weight excluding hydrogens is 212 g/mol. The lowest BCUT2D eigenvalue weighted by Crippen LogP contribution is -1.95. The summed E-state index contributed by atoms with van der Waals surface area (Å²) in [6.45, 7) is 0.516. The van der Waals surface area contributed by atoms with Gasteiger partial charge < -0.3 is 9.84 Å². The molecule has 2 aromatic rings. The topological polar surface area (TPSA) is 29.5 Å². The summed E-state index contributed by atoms with van der Waals surface area (Å²) in [6, 6.07) is 16.5. The highest BCUT2D eigenvalue weighted by Gasteiger charge is 2.20. The Morgan fingerprint density at radius 3 is 2.71 bits per heavy atom. The second-order valence-electron chi connectivity index (χ2n) is 4.36. The monoisotopic (exact) mass is 226 g/mol. The fourth-order valence-electron chi connectivity index (χ4n) is 2.21. The van der Waals surface area contributed by atoms with Crippen molar-refractivity contribution in [3.8, 4) is 0 Å². The van der Waals surface area contributed by atoms with Crippen molar-refractivity contribution < 1.29 is 9.84 Å². The number of aliphatic hydroxyl groups is 1. The van der Waals surface area contributed by atoms with Gasteiger partial charge in [-0.3, -0.25) is 0 Å². The van der Waals surface area contributed by atoms with Crippen molar-refractivity contribution in [1.29, 1.82) is 0 Å². The Kier molecular flexibility index (Phi) is 2.67. The maximum absolute atomic E-state index is 9.65. The van der Waals surface area contributed by atoms with Crippen LogP contribution in [0.4, 0.5) is 0 Å². The molecule has 17 heavy (non-hydrogen) atoms. The third-order valence-corrected chi connectivity index (χ3v) is 3.12. The molecule has 0 radical (unpaired) electrons. The lowest BCUT2D eigenvalue weighted by Gasteiger charge is -2.06. The highest BCUT2D eigenvalue weighted by Crippen LogP contribution is 2.29. The quantitative estimate of drug-likeness (QED) is 0.853. The number of hydrogen-bond acceptors (Lipinski definition) is 2. The van der Waals surface area contributed by atoms with Crippen LogP contribution in [0.25, 0.3) is 0 Å². The van der Waals surface area contributed by atoms with Crippen LogP contribution in [0.2, 0.25) is 0 Å². The Hall–Kier alpha value is -1.64. The number of fused-ring (bicyclic) bond motifs is 1. The van der Waals surface area contributed by atoms with E-state index in [1.165, 1.54) is 11.1 Å². The molecule has 0 fully saturated rings. The van der Waals surface area contributed by atoms with Crippen LogP contribution in [0.1, 0.15) is 28.5 Å². The Bertz CT molecular complexity index is 520. The average Bonchev–Trinajstić information content (AvgIpc) is 2.73. The highest BCUT2D eigenvalue weighted by molar-refractivity contribution is 5.36. The van der Waals surface area contributed by atoms with Gasteiger partial charge in [-0.1, -0.05) is 48.5 Å². The van der Waals surface area contributed by atoms with Crippen molar-refractivity contribution in [2.45, 2.75) is 19.3 Å². The molecule has 0 aliphatic carbocycles. The van der Waals surface area contributed by atoms with Gasteiger partial charge in [0, 0.05) is 5.56 Å². The molecule has 1 unspecified atom stereocenters. The molecule has 3 rings (SSSR count). The second kappa shape index (κ2) is 4.32. The molecule has 86 valence electrons. The van der Waals surface area contributed by atoms with Crippen LogP contribution >= 0.6 is 0 Å². The number of hydrogen-bond donors (Lipinski definition) is 1. The number of rotatable bonds is 2. The average molecular weight is 226 g/mol. The minimum Gasteiger partial charge on any atom is -0.364 e. The maximum atomic E-state index is 9.65. The molecule has 1 N–H and O–H groups in total. The fraction of sp³-hybridized carbons (Fsp3) is 0.200. The van der Waals surface area contributed by atoms with E-state index in [4.69, 9.17) is 4.74 Å². The molecule has 2 nitrogen and oxygen atoms in total. The lowest BCUT2D eigenvalue weighted by atomic mass is 10.0. The molecule has 1 heterocycles. The smallest absolute Gasteiger partial charge is 0.181 e. The zero-order chi connectivity index (χ0) is 11.7. The first-order valence-electron chi connectivity index (χ1n) is 5.78. The van der Waals surface area contributed by atoms with Crippen LogP contribution in [-0.2, 0) is 17.8 Å². The molecule has 0 saturated heterocycles. The van der Waals surface area contributed by atoms with E-state index in [2.05, 4.69) is 18.2 Å². The summed E-state index contributed by atoms with van der Waals surface area (Å²) in [7, 11) is 0. The Morgan fingerprint density at radius 2 is 1.88 bits per heavy atom. The van der Waals surface area contributed by atoms with Gasteiger partial charge in [-0.25, -0.2) is 0 Å². The number of benzene rings is 2. The third kappa shape index (κ3) is 2.09. The van der Waals surface area contributed by atoms with E-state index in [1.54, 1.807) is 0 Å². The molecule has 1 aliphatic rings. The van der Waals surface area contributed by atoms with Gasteiger partial charge in [-0.2, -0.15) is 0 Å². The normalized spacial score (nSPS) is 18.1. The SMILES string of the molecule is OC1OCc2ccc(Cc3ccccc3)cc21. The third-order valence-electron chi connectivity index (χ3n) is 3.12. The van der Waals surface area contributed by atoms with Crippen molar-refractivity contribution >= 4 is 0 Å². The molecular formula is C15H14O2. The van der Waals surface area contributed by atoms with Gasteiger partial charge in [0.2, 0.25) is 0 Å². The standard InChI is InChI=1S/C15H14O2/c16-15-14-9-12(6-7-13(14)10-17-15)8-11-4-2-1-3-5-11/h1-7,9,15-16H,8,10H2. The largest absolute Gasteiger partial charge is 0.364 e. The van der Waals surface area contributed by atoms with E-state index in [-0.39, 0.29) is 0 Å². The molecule has 0 amide bonds. The first-order valence-corrected chi connectivity index (χ1v) is 5.78. The molecule has 2 heteroatoms. The van der Waals surface area contributed by atoms with Crippen LogP contribution < -0.4 is 0 Å². The van der Waals surface area contributed by atoms with Gasteiger partial charge in [0.15, 0.2) is 6.29 Å². The van der Waals surface area contributed by atoms with Crippen LogP contribution in [-0.4, -0.2) is 5.11 Å². The number of aliphatic hydroxyl groups excluding tert-OH is 1. The minimum atomic E-state index is -0.749. The zero-order valence-corrected chi connectivity index (χ0v) is 9.47. The number of ether oxygens (including phenoxy) is 1. The Morgan fingerprint density at radius 1 is 1.06 bits per heavy atom. The predicted octanol–water partition coefficient (Wildman–Crippen LogP) is 2.80. The molecule has 0 aromatic heterocycles. The van der Waals surface area contributed by atoms with E-state index >= 15 is 0 Å². The molecule has 0 spiro atoms. The van der Waals surface area contributed by atoms with Gasteiger partial charge in [0.1, 0.15) is 0 Å². The Balaban J connectivity index is 1.88. The van der Waals surface area contributed by atoms with Gasteiger partial charge >= 0.3 is 0 Å². The summed E-state index contributed by atoms with van der Waals surface area (Å²) in [5.41, 5.74) is 4.49. The summed E-state index contributed by atoms with van der Waals surface area (Å²) < 4.78 is 5.18. The van der Waals surface area contributed by atoms with Crippen molar-refractivity contribution in [3.05, 3.63) is 70.8 Å². The summed E-state index contributed by atoms with van der Waals surface area (Å²) in [5.74, 6) is 0. The van der Waals surface area contributed by atoms with Crippen molar-refractivity contribution in [2.75, 3.05) is 0 Å². The Labute approximate surface area is 100 Å². The van der Waals surface area contributed by atoms with Crippen molar-refractivity contribution in [2.24, 2.45) is 0 Å². The van der Waals surface area contributed by atoms with Crippen LogP contribution in [0.5, 0.6) is 0 Å². The summed E-state index contributed by atoms with van der Waals surface area (Å²) >= 11 is 0. The van der Waals surface area contributed by atoms with Gasteiger partial charge in [0.05, 0.1) is 6.61 Å². The lowest BCUT2D eigenvalue weighted by molar-refractivity contribution is -0.0918. The maximum Gasteiger partial charge on any atom is 0.181 e. The highest BCUT2D eigenvalue weighted by atomic mass is 16.6. The van der Waals surface area contributed by atoms with Crippen LogP contribution in [0.3, 0.4) is 0 Å². The summed E-state index contributed by atoms with van der Waals surface area (Å²) in [6.07, 6.45) is 0.140. The van der Waals surface area contributed by atoms with Gasteiger partial charge in [-0.05, 0) is 23.1 Å².